The monoisotopic (exact) mass is 351 g/mol. The number of carbonyl (C=O) groups excluding carboxylic acids is 2. The lowest BCUT2D eigenvalue weighted by atomic mass is 10.00. The highest BCUT2D eigenvalue weighted by atomic mass is 16.2. The minimum atomic E-state index is -0.199. The summed E-state index contributed by atoms with van der Waals surface area (Å²) >= 11 is 0. The van der Waals surface area contributed by atoms with Crippen LogP contribution in [0.25, 0.3) is 0 Å². The van der Waals surface area contributed by atoms with Crippen molar-refractivity contribution in [2.45, 2.75) is 33.2 Å². The zero-order valence-corrected chi connectivity index (χ0v) is 15.4. The van der Waals surface area contributed by atoms with Crippen LogP contribution in [0.4, 0.5) is 0 Å². The number of piperidine rings is 1. The fourth-order valence-corrected chi connectivity index (χ4v) is 3.33. The number of likely N-dealkylation sites (tertiary alicyclic amines) is 1. The van der Waals surface area contributed by atoms with Gasteiger partial charge in [0.15, 0.2) is 0 Å². The number of pyridine rings is 1. The third-order valence-electron chi connectivity index (χ3n) is 4.72. The van der Waals surface area contributed by atoms with Crippen LogP contribution in [0.3, 0.4) is 0 Å². The van der Waals surface area contributed by atoms with Gasteiger partial charge in [0.2, 0.25) is 0 Å². The van der Waals surface area contributed by atoms with E-state index in [-0.39, 0.29) is 11.8 Å². The smallest absolute Gasteiger partial charge is 0.272 e. The maximum atomic E-state index is 12.7. The Morgan fingerprint density at radius 2 is 2.12 bits per heavy atom. The molecule has 1 saturated heterocycles. The van der Waals surface area contributed by atoms with Crippen LogP contribution in [0.2, 0.25) is 0 Å². The molecule has 0 spiro atoms. The molecule has 0 bridgehead atoms. The molecule has 1 fully saturated rings. The number of aromatic nitrogens is 1. The van der Waals surface area contributed by atoms with Gasteiger partial charge in [0, 0.05) is 31.4 Å². The molecule has 0 radical (unpaired) electrons. The molecular weight excluding hydrogens is 326 g/mol. The van der Waals surface area contributed by atoms with Crippen LogP contribution in [0.5, 0.6) is 0 Å². The molecule has 0 aliphatic carbocycles. The predicted molar refractivity (Wildman–Crippen MR) is 101 cm³/mol. The van der Waals surface area contributed by atoms with Gasteiger partial charge in [-0.25, -0.2) is 0 Å². The van der Waals surface area contributed by atoms with Crippen molar-refractivity contribution in [3.63, 3.8) is 0 Å². The highest BCUT2D eigenvalue weighted by Gasteiger charge is 2.23. The van der Waals surface area contributed by atoms with Gasteiger partial charge in [-0.15, -0.1) is 0 Å². The van der Waals surface area contributed by atoms with Crippen LogP contribution in [0.1, 0.15) is 51.7 Å². The second kappa shape index (κ2) is 8.13. The molecule has 2 amide bonds. The largest absolute Gasteiger partial charge is 0.348 e. The molecule has 5 heteroatoms. The number of benzene rings is 1. The van der Waals surface area contributed by atoms with Gasteiger partial charge in [0.25, 0.3) is 11.8 Å². The van der Waals surface area contributed by atoms with Crippen molar-refractivity contribution in [3.8, 4) is 0 Å². The van der Waals surface area contributed by atoms with Gasteiger partial charge < -0.3 is 10.2 Å². The molecule has 1 unspecified atom stereocenters. The second-order valence-corrected chi connectivity index (χ2v) is 7.10. The summed E-state index contributed by atoms with van der Waals surface area (Å²) in [6, 6.07) is 11.2. The molecule has 2 heterocycles. The van der Waals surface area contributed by atoms with Gasteiger partial charge in [-0.05, 0) is 43.4 Å². The van der Waals surface area contributed by atoms with E-state index in [0.717, 1.165) is 37.1 Å². The van der Waals surface area contributed by atoms with Crippen molar-refractivity contribution in [2.75, 3.05) is 13.1 Å². The van der Waals surface area contributed by atoms with Crippen molar-refractivity contribution in [1.29, 1.82) is 0 Å². The van der Waals surface area contributed by atoms with Gasteiger partial charge in [0.05, 0.1) is 0 Å². The van der Waals surface area contributed by atoms with E-state index in [9.17, 15) is 9.59 Å². The standard InChI is InChI=1S/C21H25N3O2/c1-15-5-3-7-17(11-15)13-23-20(25)18-8-9-22-19(12-18)21(26)24-10-4-6-16(2)14-24/h3,5,7-9,11-12,16H,4,6,10,13-14H2,1-2H3,(H,23,25). The lowest BCUT2D eigenvalue weighted by molar-refractivity contribution is 0.0677. The molecule has 1 aromatic carbocycles. The highest BCUT2D eigenvalue weighted by Crippen LogP contribution is 2.17. The Morgan fingerprint density at radius 3 is 2.88 bits per heavy atom. The Balaban J connectivity index is 1.66. The molecule has 0 saturated carbocycles. The first-order valence-corrected chi connectivity index (χ1v) is 9.12. The Hall–Kier alpha value is -2.69. The van der Waals surface area contributed by atoms with Crippen LogP contribution in [-0.4, -0.2) is 34.8 Å². The normalized spacial score (nSPS) is 17.0. The number of nitrogens with zero attached hydrogens (tertiary/aromatic N) is 2. The molecule has 1 atom stereocenters. The molecule has 136 valence electrons. The summed E-state index contributed by atoms with van der Waals surface area (Å²) < 4.78 is 0. The maximum absolute atomic E-state index is 12.7. The first kappa shape index (κ1) is 18.1. The number of hydrogen-bond donors (Lipinski definition) is 1. The van der Waals surface area contributed by atoms with Crippen LogP contribution in [0, 0.1) is 12.8 Å². The van der Waals surface area contributed by atoms with Gasteiger partial charge in [-0.1, -0.05) is 36.8 Å². The van der Waals surface area contributed by atoms with E-state index in [1.807, 2.05) is 36.1 Å². The summed E-state index contributed by atoms with van der Waals surface area (Å²) in [6.07, 6.45) is 3.70. The van der Waals surface area contributed by atoms with E-state index < -0.39 is 0 Å². The molecule has 1 aliphatic rings. The summed E-state index contributed by atoms with van der Waals surface area (Å²) in [7, 11) is 0. The molecular formula is C21H25N3O2. The third kappa shape index (κ3) is 4.48. The van der Waals surface area contributed by atoms with Crippen molar-refractivity contribution in [3.05, 3.63) is 65.0 Å². The third-order valence-corrected chi connectivity index (χ3v) is 4.72. The number of carbonyl (C=O) groups is 2. The first-order chi connectivity index (χ1) is 12.5. The molecule has 1 aliphatic heterocycles. The molecule has 1 N–H and O–H groups in total. The van der Waals surface area contributed by atoms with Crippen LogP contribution in [0.15, 0.2) is 42.6 Å². The average Bonchev–Trinajstić information content (AvgIpc) is 2.65. The summed E-state index contributed by atoms with van der Waals surface area (Å²) in [4.78, 5) is 31.1. The molecule has 3 rings (SSSR count). The van der Waals surface area contributed by atoms with E-state index in [2.05, 4.69) is 17.2 Å². The summed E-state index contributed by atoms with van der Waals surface area (Å²) in [6.45, 7) is 6.14. The van der Waals surface area contributed by atoms with E-state index in [1.54, 1.807) is 12.1 Å². The SMILES string of the molecule is Cc1cccc(CNC(=O)c2ccnc(C(=O)N3CCCC(C)C3)c2)c1. The van der Waals surface area contributed by atoms with Gasteiger partial charge in [0.1, 0.15) is 5.69 Å². The fourth-order valence-electron chi connectivity index (χ4n) is 3.33. The minimum absolute atomic E-state index is 0.0927. The molecule has 5 nitrogen and oxygen atoms in total. The Labute approximate surface area is 154 Å². The zero-order chi connectivity index (χ0) is 18.5. The Kier molecular flexibility index (Phi) is 5.66. The first-order valence-electron chi connectivity index (χ1n) is 9.12. The van der Waals surface area contributed by atoms with Crippen LogP contribution < -0.4 is 5.32 Å². The van der Waals surface area contributed by atoms with E-state index in [1.165, 1.54) is 6.20 Å². The van der Waals surface area contributed by atoms with Crippen molar-refractivity contribution < 1.29 is 9.59 Å². The maximum Gasteiger partial charge on any atom is 0.272 e. The van der Waals surface area contributed by atoms with Crippen LogP contribution in [-0.2, 0) is 6.54 Å². The van der Waals surface area contributed by atoms with Crippen molar-refractivity contribution in [2.24, 2.45) is 5.92 Å². The number of nitrogens with one attached hydrogen (secondary N) is 1. The average molecular weight is 351 g/mol. The molecule has 26 heavy (non-hydrogen) atoms. The summed E-state index contributed by atoms with van der Waals surface area (Å²) in [5.74, 6) is 0.216. The minimum Gasteiger partial charge on any atom is -0.348 e. The van der Waals surface area contributed by atoms with Crippen molar-refractivity contribution >= 4 is 11.8 Å². The quantitative estimate of drug-likeness (QED) is 0.920. The molecule has 2 aromatic rings. The van der Waals surface area contributed by atoms with E-state index in [4.69, 9.17) is 0 Å². The Morgan fingerprint density at radius 1 is 1.27 bits per heavy atom. The topological polar surface area (TPSA) is 62.3 Å². The molecule has 1 aromatic heterocycles. The van der Waals surface area contributed by atoms with E-state index in [0.29, 0.717) is 23.7 Å². The lowest BCUT2D eigenvalue weighted by Gasteiger charge is -2.30. The van der Waals surface area contributed by atoms with E-state index >= 15 is 0 Å². The van der Waals surface area contributed by atoms with Crippen molar-refractivity contribution in [1.82, 2.24) is 15.2 Å². The summed E-state index contributed by atoms with van der Waals surface area (Å²) in [5, 5.41) is 2.90. The van der Waals surface area contributed by atoms with Gasteiger partial charge in [-0.3, -0.25) is 14.6 Å². The Bertz CT molecular complexity index is 803. The van der Waals surface area contributed by atoms with Gasteiger partial charge >= 0.3 is 0 Å². The predicted octanol–water partition coefficient (Wildman–Crippen LogP) is 3.19. The lowest BCUT2D eigenvalue weighted by Crippen LogP contribution is -2.39. The number of hydrogen-bond acceptors (Lipinski definition) is 3. The zero-order valence-electron chi connectivity index (χ0n) is 15.4. The van der Waals surface area contributed by atoms with Crippen LogP contribution >= 0.6 is 0 Å². The number of aryl methyl sites for hydroxylation is 1. The number of rotatable bonds is 4. The summed E-state index contributed by atoms with van der Waals surface area (Å²) in [5.41, 5.74) is 3.00. The number of amides is 2. The van der Waals surface area contributed by atoms with Gasteiger partial charge in [-0.2, -0.15) is 0 Å². The second-order valence-electron chi connectivity index (χ2n) is 7.10. The highest BCUT2D eigenvalue weighted by molar-refractivity contribution is 5.98. The fraction of sp³-hybridized carbons (Fsp3) is 0.381.